The van der Waals surface area contributed by atoms with Crippen LogP contribution < -0.4 is 0 Å². The molecule has 368 valence electrons. The van der Waals surface area contributed by atoms with E-state index in [0.29, 0.717) is 50.4 Å². The lowest BCUT2D eigenvalue weighted by Crippen LogP contribution is -2.62. The third-order valence-electron chi connectivity index (χ3n) is 17.1. The van der Waals surface area contributed by atoms with E-state index in [1.807, 2.05) is 13.8 Å². The molecule has 3 saturated heterocycles. The molecule has 4 saturated carbocycles. The van der Waals surface area contributed by atoms with Crippen LogP contribution in [0.5, 0.6) is 0 Å². The number of rotatable bonds is 15. The Labute approximate surface area is 373 Å². The van der Waals surface area contributed by atoms with Gasteiger partial charge in [-0.15, -0.1) is 0 Å². The van der Waals surface area contributed by atoms with Crippen LogP contribution in [0.2, 0.25) is 0 Å². The molecule has 3 heterocycles. The van der Waals surface area contributed by atoms with E-state index in [4.69, 9.17) is 28.4 Å². The van der Waals surface area contributed by atoms with Gasteiger partial charge in [0.15, 0.2) is 18.9 Å². The molecular weight excluding hydrogens is 844 g/mol. The molecule has 64 heavy (non-hydrogen) atoms. The summed E-state index contributed by atoms with van der Waals surface area (Å²) < 4.78 is 34.3. The van der Waals surface area contributed by atoms with Gasteiger partial charge in [-0.3, -0.25) is 9.59 Å². The largest absolute Gasteiger partial charge is 0.394 e. The first-order chi connectivity index (χ1) is 30.2. The number of aliphatic hydroxyl groups is 11. The van der Waals surface area contributed by atoms with E-state index in [-0.39, 0.29) is 58.6 Å². The fourth-order valence-corrected chi connectivity index (χ4v) is 13.1. The third kappa shape index (κ3) is 9.51. The van der Waals surface area contributed by atoms with Gasteiger partial charge in [0.2, 0.25) is 0 Å². The zero-order valence-electron chi connectivity index (χ0n) is 37.4. The van der Waals surface area contributed by atoms with Gasteiger partial charge in [-0.2, -0.15) is 0 Å². The molecule has 0 unspecified atom stereocenters. The maximum absolute atomic E-state index is 14.3. The molecule has 7 fully saturated rings. The summed E-state index contributed by atoms with van der Waals surface area (Å²) in [5.41, 5.74) is -0.376. The van der Waals surface area contributed by atoms with Crippen molar-refractivity contribution in [3.63, 3.8) is 0 Å². The summed E-state index contributed by atoms with van der Waals surface area (Å²) in [6.07, 6.45) is -15.7. The number of ketones is 2. The standard InChI is InChI=1S/C45H74O19/c1-19(17-59-41-38(56)35(53)32(50)29(15-46)62-41)5-8-27(48)20(2)23-6-7-24-22-14-28(49)26-13-21(9-11-45(26,4)25(22)10-12-44(23,24)3)61-43-40(58)37(55)34(52)31(64-43)18-60-42-39(57)36(54)33(51)30(16-47)63-42/h19-26,29-43,46-47,50-58H,5-18H2,1-4H3/t19-,20+,21+,22+,23-,24+,25+,26-,29-,30-,31-,32-,33-,34-,35+,36+,37+,38-,39-,40-,41-,42-,43-,44-,45-/m1/s1. The minimum atomic E-state index is -1.69. The second kappa shape index (κ2) is 20.3. The molecule has 0 aromatic rings. The molecule has 0 aromatic heterocycles. The predicted octanol–water partition coefficient (Wildman–Crippen LogP) is -1.73. The molecule has 3 aliphatic heterocycles. The van der Waals surface area contributed by atoms with Gasteiger partial charge in [-0.05, 0) is 91.8 Å². The van der Waals surface area contributed by atoms with Crippen LogP contribution in [-0.4, -0.2) is 192 Å². The fourth-order valence-electron chi connectivity index (χ4n) is 13.1. The molecule has 0 spiro atoms. The second-order valence-electron chi connectivity index (χ2n) is 20.8. The van der Waals surface area contributed by atoms with Crippen LogP contribution in [0.4, 0.5) is 0 Å². The Kier molecular flexibility index (Phi) is 16.0. The average molecular weight is 919 g/mol. The number of carbonyl (C=O) groups excluding carboxylic acids is 2. The topological polar surface area (TPSA) is 312 Å². The number of hydrogen-bond acceptors (Lipinski definition) is 19. The van der Waals surface area contributed by atoms with Crippen molar-refractivity contribution in [3.05, 3.63) is 0 Å². The molecule has 25 atom stereocenters. The average Bonchev–Trinajstić information content (AvgIpc) is 3.64. The Morgan fingerprint density at radius 1 is 0.672 bits per heavy atom. The van der Waals surface area contributed by atoms with E-state index in [0.717, 1.165) is 25.7 Å². The molecule has 0 bridgehead atoms. The van der Waals surface area contributed by atoms with Crippen LogP contribution in [0.1, 0.15) is 91.9 Å². The van der Waals surface area contributed by atoms with Gasteiger partial charge in [0.05, 0.1) is 32.5 Å². The summed E-state index contributed by atoms with van der Waals surface area (Å²) in [5, 5.41) is 112. The van der Waals surface area contributed by atoms with Crippen molar-refractivity contribution in [3.8, 4) is 0 Å². The predicted molar refractivity (Wildman–Crippen MR) is 219 cm³/mol. The van der Waals surface area contributed by atoms with Crippen molar-refractivity contribution in [2.75, 3.05) is 26.4 Å². The van der Waals surface area contributed by atoms with E-state index in [1.54, 1.807) is 0 Å². The van der Waals surface area contributed by atoms with Gasteiger partial charge in [0.1, 0.15) is 84.8 Å². The van der Waals surface area contributed by atoms with E-state index in [2.05, 4.69) is 13.8 Å². The minimum absolute atomic E-state index is 0.0716. The monoisotopic (exact) mass is 918 g/mol. The zero-order valence-corrected chi connectivity index (χ0v) is 37.4. The maximum atomic E-state index is 14.3. The zero-order chi connectivity index (χ0) is 46.6. The minimum Gasteiger partial charge on any atom is -0.394 e. The molecular formula is C45H74O19. The number of aliphatic hydroxyl groups excluding tert-OH is 11. The summed E-state index contributed by atoms with van der Waals surface area (Å²) in [6.45, 7) is 6.97. The number of hydrogen-bond donors (Lipinski definition) is 11. The molecule has 0 amide bonds. The van der Waals surface area contributed by atoms with E-state index in [9.17, 15) is 65.8 Å². The smallest absolute Gasteiger partial charge is 0.186 e. The van der Waals surface area contributed by atoms with Gasteiger partial charge >= 0.3 is 0 Å². The molecule has 0 aromatic carbocycles. The number of carbonyl (C=O) groups is 2. The lowest BCUT2D eigenvalue weighted by atomic mass is 9.44. The summed E-state index contributed by atoms with van der Waals surface area (Å²) in [4.78, 5) is 28.0. The van der Waals surface area contributed by atoms with E-state index in [1.165, 1.54) is 0 Å². The highest BCUT2D eigenvalue weighted by molar-refractivity contribution is 5.83. The van der Waals surface area contributed by atoms with Gasteiger partial charge in [-0.1, -0.05) is 27.7 Å². The first-order valence-corrected chi connectivity index (χ1v) is 23.5. The molecule has 4 aliphatic carbocycles. The van der Waals surface area contributed by atoms with Gasteiger partial charge in [0.25, 0.3) is 0 Å². The van der Waals surface area contributed by atoms with Crippen molar-refractivity contribution < 1.29 is 94.2 Å². The van der Waals surface area contributed by atoms with Crippen molar-refractivity contribution in [2.45, 2.75) is 190 Å². The Hall–Kier alpha value is -1.34. The van der Waals surface area contributed by atoms with Crippen molar-refractivity contribution in [1.29, 1.82) is 0 Å². The Morgan fingerprint density at radius 3 is 1.81 bits per heavy atom. The molecule has 7 rings (SSSR count). The molecule has 19 heteroatoms. The summed E-state index contributed by atoms with van der Waals surface area (Å²) >= 11 is 0. The highest BCUT2D eigenvalue weighted by atomic mass is 16.7. The second-order valence-corrected chi connectivity index (χ2v) is 20.8. The fraction of sp³-hybridized carbons (Fsp3) is 0.956. The molecule has 0 radical (unpaired) electrons. The Balaban J connectivity index is 0.911. The van der Waals surface area contributed by atoms with Crippen LogP contribution in [0.25, 0.3) is 0 Å². The normalized spacial score (nSPS) is 50.5. The molecule has 7 aliphatic rings. The molecule has 11 N–H and O–H groups in total. The molecule has 19 nitrogen and oxygen atoms in total. The SMILES string of the molecule is C[C@H](CCC(=O)[C@@H](C)[C@H]1CC[C@H]2[C@@H]3CC(=O)[C@H]4C[C@@H](O[C@@H]5O[C@H](CO[C@@H]6O[C@H](CO)[C@@H](O)[C@H](O)[C@H]6O)[C@@H](O)[C@H](O)[C@H]5O)CC[C@]4(C)[C@H]3CC[C@]12C)CO[C@@H]1O[C@H](CO)[C@@H](O)[C@H](O)[C@H]1O. The van der Waals surface area contributed by atoms with Gasteiger partial charge < -0.3 is 84.6 Å². The summed E-state index contributed by atoms with van der Waals surface area (Å²) in [5.74, 6) is 0.812. The quantitative estimate of drug-likeness (QED) is 0.0814. The highest BCUT2D eigenvalue weighted by Crippen LogP contribution is 2.68. The van der Waals surface area contributed by atoms with Crippen LogP contribution >= 0.6 is 0 Å². The van der Waals surface area contributed by atoms with Gasteiger partial charge in [-0.25, -0.2) is 0 Å². The van der Waals surface area contributed by atoms with Crippen LogP contribution in [0.15, 0.2) is 0 Å². The maximum Gasteiger partial charge on any atom is 0.186 e. The third-order valence-corrected chi connectivity index (χ3v) is 17.1. The Morgan fingerprint density at radius 2 is 1.20 bits per heavy atom. The van der Waals surface area contributed by atoms with Crippen molar-refractivity contribution in [1.82, 2.24) is 0 Å². The first-order valence-electron chi connectivity index (χ1n) is 23.5. The van der Waals surface area contributed by atoms with Crippen molar-refractivity contribution >= 4 is 11.6 Å². The van der Waals surface area contributed by atoms with Crippen LogP contribution in [0.3, 0.4) is 0 Å². The number of fused-ring (bicyclic) bond motifs is 5. The van der Waals surface area contributed by atoms with E-state index < -0.39 is 118 Å². The lowest BCUT2D eigenvalue weighted by Gasteiger charge is -2.60. The highest BCUT2D eigenvalue weighted by Gasteiger charge is 2.63. The summed E-state index contributed by atoms with van der Waals surface area (Å²) in [7, 11) is 0. The van der Waals surface area contributed by atoms with Crippen LogP contribution in [0, 0.1) is 52.3 Å². The van der Waals surface area contributed by atoms with Crippen molar-refractivity contribution in [2.24, 2.45) is 52.3 Å². The lowest BCUT2D eigenvalue weighted by molar-refractivity contribution is -0.337. The summed E-state index contributed by atoms with van der Waals surface area (Å²) in [6, 6.07) is 0. The number of Topliss-reactive ketones (excluding diaryl/α,β-unsaturated/α-hetero) is 2. The van der Waals surface area contributed by atoms with Gasteiger partial charge in [0, 0.05) is 24.7 Å². The first kappa shape index (κ1) is 50.5. The van der Waals surface area contributed by atoms with Crippen LogP contribution in [-0.2, 0) is 38.0 Å². The van der Waals surface area contributed by atoms with E-state index >= 15 is 0 Å². The Bertz CT molecular complexity index is 1590. The number of ether oxygens (including phenoxy) is 6.